The van der Waals surface area contributed by atoms with Gasteiger partial charge < -0.3 is 23.5 Å². The highest BCUT2D eigenvalue weighted by atomic mass is 16.6. The highest BCUT2D eigenvalue weighted by molar-refractivity contribution is 6.23. The molecule has 1 fully saturated rings. The van der Waals surface area contributed by atoms with Gasteiger partial charge in [0.05, 0.1) is 43.1 Å². The molecule has 1 N–H and O–H groups in total. The fraction of sp³-hybridized carbons (Fsp3) is 0.297. The van der Waals surface area contributed by atoms with Gasteiger partial charge in [0.25, 0.3) is 11.8 Å². The highest BCUT2D eigenvalue weighted by Gasteiger charge is 2.44. The summed E-state index contributed by atoms with van der Waals surface area (Å²) in [4.78, 5) is 59.3. The molecule has 5 aromatic rings. The fourth-order valence-corrected chi connectivity index (χ4v) is 6.38. The number of imide groups is 2. The van der Waals surface area contributed by atoms with E-state index in [1.807, 2.05) is 31.6 Å². The molecule has 1 atom stereocenters. The summed E-state index contributed by atoms with van der Waals surface area (Å²) in [6.45, 7) is 3.90. The van der Waals surface area contributed by atoms with Crippen molar-refractivity contribution in [3.8, 4) is 22.8 Å². The van der Waals surface area contributed by atoms with Gasteiger partial charge in [0.1, 0.15) is 25.0 Å². The maximum absolute atomic E-state index is 13.0. The molecule has 50 heavy (non-hydrogen) atoms. The summed E-state index contributed by atoms with van der Waals surface area (Å²) in [5.74, 6) is -1.26. The van der Waals surface area contributed by atoms with E-state index in [0.717, 1.165) is 38.0 Å². The number of rotatable bonds is 13. The monoisotopic (exact) mass is 677 g/mol. The second kappa shape index (κ2) is 14.1. The minimum atomic E-state index is -1.01. The van der Waals surface area contributed by atoms with E-state index in [-0.39, 0.29) is 37.2 Å². The average molecular weight is 678 g/mol. The molecule has 0 aliphatic carbocycles. The van der Waals surface area contributed by atoms with E-state index < -0.39 is 29.7 Å². The van der Waals surface area contributed by atoms with Crippen LogP contribution in [0, 0.1) is 6.92 Å². The number of nitrogens with zero attached hydrogens (tertiary/aromatic N) is 4. The predicted octanol–water partition coefficient (Wildman–Crippen LogP) is 3.99. The molecule has 0 saturated carbocycles. The van der Waals surface area contributed by atoms with Crippen LogP contribution >= 0.6 is 0 Å². The van der Waals surface area contributed by atoms with Crippen molar-refractivity contribution in [2.75, 3.05) is 39.6 Å². The topological polar surface area (TPSA) is 151 Å². The Kier molecular flexibility index (Phi) is 9.24. The number of hydrogen-bond acceptors (Lipinski definition) is 10. The minimum absolute atomic E-state index is 0.0631. The van der Waals surface area contributed by atoms with Crippen molar-refractivity contribution < 1.29 is 38.1 Å². The van der Waals surface area contributed by atoms with E-state index in [0.29, 0.717) is 38.1 Å². The largest absolute Gasteiger partial charge is 0.491 e. The Morgan fingerprint density at radius 3 is 2.32 bits per heavy atom. The van der Waals surface area contributed by atoms with Crippen LogP contribution in [0.1, 0.15) is 39.1 Å². The van der Waals surface area contributed by atoms with Gasteiger partial charge in [0.2, 0.25) is 17.7 Å². The molecule has 1 saturated heterocycles. The number of fused-ring (bicyclic) bond motifs is 4. The lowest BCUT2D eigenvalue weighted by molar-refractivity contribution is -0.136. The summed E-state index contributed by atoms with van der Waals surface area (Å²) in [6.07, 6.45) is 5.69. The van der Waals surface area contributed by atoms with Gasteiger partial charge in [0, 0.05) is 59.5 Å². The highest BCUT2D eigenvalue weighted by Crippen LogP contribution is 2.33. The first-order valence-corrected chi connectivity index (χ1v) is 16.4. The molecule has 0 spiro atoms. The smallest absolute Gasteiger partial charge is 0.262 e. The SMILES string of the molecule is Cc1cc(-c2ccc3c4cnccc4n(C)c3c2)cnc1OCCOCCOCCOc1ccc2c(c1)C(=O)N(C1CCC(=O)NC1=O)C2=O. The number of hydrogen-bond donors (Lipinski definition) is 1. The van der Waals surface area contributed by atoms with Gasteiger partial charge in [-0.3, -0.25) is 34.4 Å². The third-order valence-electron chi connectivity index (χ3n) is 8.92. The molecular formula is C37H35N5O8. The van der Waals surface area contributed by atoms with Gasteiger partial charge >= 0.3 is 0 Å². The number of piperidine rings is 1. The van der Waals surface area contributed by atoms with Crippen molar-refractivity contribution >= 4 is 45.4 Å². The van der Waals surface area contributed by atoms with Crippen molar-refractivity contribution in [2.45, 2.75) is 25.8 Å². The van der Waals surface area contributed by atoms with Crippen molar-refractivity contribution in [3.05, 3.63) is 83.8 Å². The standard InChI is InChI=1S/C37H35N5O8/c1-22-17-24(23-3-5-26-29-21-38-10-9-30(29)41(2)32(26)18-23)20-39-35(22)50-16-14-48-12-11-47-13-15-49-25-4-6-27-28(19-25)37(46)42(36(27)45)31-7-8-33(43)40-34(31)44/h3-6,9-10,17-21,31H,7-8,11-16H2,1-2H3,(H,40,43,44). The van der Waals surface area contributed by atoms with Gasteiger partial charge in [-0.15, -0.1) is 0 Å². The normalized spacial score (nSPS) is 16.0. The van der Waals surface area contributed by atoms with E-state index in [4.69, 9.17) is 18.9 Å². The third kappa shape index (κ3) is 6.40. The van der Waals surface area contributed by atoms with E-state index in [1.54, 1.807) is 6.07 Å². The predicted molar refractivity (Wildman–Crippen MR) is 182 cm³/mol. The summed E-state index contributed by atoms with van der Waals surface area (Å²) < 4.78 is 25.0. The molecule has 2 aliphatic heterocycles. The van der Waals surface area contributed by atoms with Crippen molar-refractivity contribution in [1.82, 2.24) is 24.8 Å². The molecule has 3 aromatic heterocycles. The number of carbonyl (C=O) groups excluding carboxylic acids is 4. The van der Waals surface area contributed by atoms with Crippen molar-refractivity contribution in [1.29, 1.82) is 0 Å². The number of nitrogens with one attached hydrogen (secondary N) is 1. The minimum Gasteiger partial charge on any atom is -0.491 e. The number of aromatic nitrogens is 3. The second-order valence-electron chi connectivity index (χ2n) is 12.1. The van der Waals surface area contributed by atoms with Gasteiger partial charge in [-0.05, 0) is 55.3 Å². The zero-order valence-corrected chi connectivity index (χ0v) is 27.6. The molecule has 4 amide bonds. The number of aryl methyl sites for hydroxylation is 2. The van der Waals surface area contributed by atoms with Crippen LogP contribution in [0.15, 0.2) is 67.1 Å². The average Bonchev–Trinajstić information content (AvgIpc) is 3.54. The van der Waals surface area contributed by atoms with Crippen LogP contribution in [0.4, 0.5) is 0 Å². The quantitative estimate of drug-likeness (QED) is 0.143. The first-order valence-electron chi connectivity index (χ1n) is 16.4. The fourth-order valence-electron chi connectivity index (χ4n) is 6.38. The maximum atomic E-state index is 13.0. The Morgan fingerprint density at radius 1 is 0.780 bits per heavy atom. The zero-order chi connectivity index (χ0) is 34.8. The maximum Gasteiger partial charge on any atom is 0.262 e. The molecule has 2 aliphatic rings. The molecular weight excluding hydrogens is 642 g/mol. The molecule has 2 aromatic carbocycles. The van der Waals surface area contributed by atoms with Gasteiger partial charge in [-0.1, -0.05) is 12.1 Å². The Hall–Kier alpha value is -5.66. The van der Waals surface area contributed by atoms with E-state index in [2.05, 4.69) is 51.2 Å². The van der Waals surface area contributed by atoms with Crippen LogP contribution in [0.5, 0.6) is 11.6 Å². The van der Waals surface area contributed by atoms with E-state index in [9.17, 15) is 19.2 Å². The molecule has 0 bridgehead atoms. The Bertz CT molecular complexity index is 2140. The Balaban J connectivity index is 0.808. The van der Waals surface area contributed by atoms with Crippen molar-refractivity contribution in [3.63, 3.8) is 0 Å². The van der Waals surface area contributed by atoms with Gasteiger partial charge in [0.15, 0.2) is 0 Å². The second-order valence-corrected chi connectivity index (χ2v) is 12.1. The lowest BCUT2D eigenvalue weighted by Crippen LogP contribution is -2.54. The lowest BCUT2D eigenvalue weighted by Gasteiger charge is -2.27. The Morgan fingerprint density at radius 2 is 1.54 bits per heavy atom. The summed E-state index contributed by atoms with van der Waals surface area (Å²) in [5.41, 5.74) is 5.64. The number of carbonyl (C=O) groups is 4. The van der Waals surface area contributed by atoms with Crippen LogP contribution in [-0.2, 0) is 26.1 Å². The summed E-state index contributed by atoms with van der Waals surface area (Å²) in [5, 5.41) is 4.48. The van der Waals surface area contributed by atoms with E-state index >= 15 is 0 Å². The molecule has 256 valence electrons. The molecule has 7 rings (SSSR count). The van der Waals surface area contributed by atoms with Crippen LogP contribution in [0.25, 0.3) is 32.9 Å². The number of benzene rings is 2. The Labute approximate surface area is 287 Å². The van der Waals surface area contributed by atoms with Crippen LogP contribution in [0.2, 0.25) is 0 Å². The molecule has 0 radical (unpaired) electrons. The third-order valence-corrected chi connectivity index (χ3v) is 8.92. The van der Waals surface area contributed by atoms with Crippen LogP contribution < -0.4 is 14.8 Å². The molecule has 13 nitrogen and oxygen atoms in total. The number of amides is 4. The molecule has 1 unspecified atom stereocenters. The summed E-state index contributed by atoms with van der Waals surface area (Å²) in [6, 6.07) is 14.1. The van der Waals surface area contributed by atoms with Crippen LogP contribution in [-0.4, -0.2) is 88.7 Å². The van der Waals surface area contributed by atoms with Crippen LogP contribution in [0.3, 0.4) is 0 Å². The van der Waals surface area contributed by atoms with Crippen molar-refractivity contribution in [2.24, 2.45) is 7.05 Å². The molecule has 5 heterocycles. The lowest BCUT2D eigenvalue weighted by atomic mass is 10.0. The van der Waals surface area contributed by atoms with E-state index in [1.165, 1.54) is 17.5 Å². The number of pyridine rings is 2. The first kappa shape index (κ1) is 32.9. The zero-order valence-electron chi connectivity index (χ0n) is 27.6. The summed E-state index contributed by atoms with van der Waals surface area (Å²) in [7, 11) is 2.06. The summed E-state index contributed by atoms with van der Waals surface area (Å²) >= 11 is 0. The first-order chi connectivity index (χ1) is 24.3. The van der Waals surface area contributed by atoms with Gasteiger partial charge in [-0.25, -0.2) is 4.98 Å². The van der Waals surface area contributed by atoms with Gasteiger partial charge in [-0.2, -0.15) is 0 Å². The number of ether oxygens (including phenoxy) is 4. The molecule has 13 heteroatoms.